The van der Waals surface area contributed by atoms with E-state index >= 15 is 0 Å². The van der Waals surface area contributed by atoms with Crippen molar-refractivity contribution in [3.8, 4) is 22.3 Å². The van der Waals surface area contributed by atoms with Gasteiger partial charge < -0.3 is 9.32 Å². The molecule has 1 spiro atoms. The first-order valence-corrected chi connectivity index (χ1v) is 20.0. The standard InChI is InChI=1S/C53H33NOS/c1-2-14-36(15-3-1)54(37-28-25-35(26-29-37)39-20-12-21-44-43-19-8-11-24-49(43)55-51(39)44)38-30-32-47-50(33-38)56-52-40-16-5-4-13-34(40)27-31-48(52)53(47)45-22-9-6-17-41(45)42-18-7-10-23-46(42)53/h1-33H. The highest BCUT2D eigenvalue weighted by molar-refractivity contribution is 7.99. The minimum absolute atomic E-state index is 0.442. The first-order valence-electron chi connectivity index (χ1n) is 19.2. The minimum Gasteiger partial charge on any atom is -0.455 e. The molecule has 0 amide bonds. The lowest BCUT2D eigenvalue weighted by molar-refractivity contribution is 0.670. The van der Waals surface area contributed by atoms with Crippen LogP contribution >= 0.6 is 11.8 Å². The third-order valence-corrected chi connectivity index (χ3v) is 13.1. The van der Waals surface area contributed by atoms with Crippen molar-refractivity contribution >= 4 is 61.5 Å². The van der Waals surface area contributed by atoms with Crippen molar-refractivity contribution in [1.82, 2.24) is 0 Å². The molecule has 10 aromatic rings. The summed E-state index contributed by atoms with van der Waals surface area (Å²) in [5.41, 5.74) is 14.9. The van der Waals surface area contributed by atoms with E-state index in [0.29, 0.717) is 0 Å². The number of anilines is 3. The number of rotatable bonds is 4. The van der Waals surface area contributed by atoms with Gasteiger partial charge in [-0.25, -0.2) is 0 Å². The van der Waals surface area contributed by atoms with Crippen molar-refractivity contribution < 1.29 is 4.42 Å². The molecule has 56 heavy (non-hydrogen) atoms. The molecular weight excluding hydrogens is 699 g/mol. The molecule has 0 atom stereocenters. The third kappa shape index (κ3) is 4.40. The highest BCUT2D eigenvalue weighted by Crippen LogP contribution is 2.63. The van der Waals surface area contributed by atoms with Gasteiger partial charge in [0.2, 0.25) is 0 Å². The second-order valence-electron chi connectivity index (χ2n) is 14.8. The zero-order valence-electron chi connectivity index (χ0n) is 30.3. The molecule has 12 rings (SSSR count). The van der Waals surface area contributed by atoms with Crippen LogP contribution in [0.25, 0.3) is 55.0 Å². The van der Waals surface area contributed by atoms with Gasteiger partial charge in [-0.05, 0) is 92.2 Å². The molecular formula is C53H33NOS. The lowest BCUT2D eigenvalue weighted by atomic mass is 9.67. The molecule has 262 valence electrons. The van der Waals surface area contributed by atoms with E-state index in [-0.39, 0.29) is 0 Å². The maximum Gasteiger partial charge on any atom is 0.143 e. The van der Waals surface area contributed by atoms with Gasteiger partial charge in [-0.2, -0.15) is 0 Å². The number of hydrogen-bond donors (Lipinski definition) is 0. The topological polar surface area (TPSA) is 16.4 Å². The summed E-state index contributed by atoms with van der Waals surface area (Å²) in [6, 6.07) is 73.2. The first-order chi connectivity index (χ1) is 27.8. The van der Waals surface area contributed by atoms with Crippen LogP contribution in [0.3, 0.4) is 0 Å². The molecule has 1 aliphatic heterocycles. The Morgan fingerprint density at radius 2 is 1.02 bits per heavy atom. The van der Waals surface area contributed by atoms with E-state index in [0.717, 1.165) is 50.1 Å². The van der Waals surface area contributed by atoms with Crippen LogP contribution in [0.15, 0.2) is 214 Å². The zero-order valence-corrected chi connectivity index (χ0v) is 31.1. The summed E-state index contributed by atoms with van der Waals surface area (Å²) in [7, 11) is 0. The minimum atomic E-state index is -0.442. The van der Waals surface area contributed by atoms with Crippen LogP contribution in [0.2, 0.25) is 0 Å². The van der Waals surface area contributed by atoms with Gasteiger partial charge in [-0.3, -0.25) is 0 Å². The van der Waals surface area contributed by atoms with Gasteiger partial charge in [-0.1, -0.05) is 169 Å². The first kappa shape index (κ1) is 31.5. The Morgan fingerprint density at radius 3 is 1.82 bits per heavy atom. The fraction of sp³-hybridized carbons (Fsp3) is 0.0189. The molecule has 0 saturated carbocycles. The summed E-state index contributed by atoms with van der Waals surface area (Å²) in [6.07, 6.45) is 0. The van der Waals surface area contributed by atoms with E-state index < -0.39 is 5.41 Å². The highest BCUT2D eigenvalue weighted by atomic mass is 32.2. The molecule has 2 aliphatic rings. The zero-order chi connectivity index (χ0) is 36.8. The molecule has 0 radical (unpaired) electrons. The van der Waals surface area contributed by atoms with Crippen molar-refractivity contribution in [2.24, 2.45) is 0 Å². The van der Waals surface area contributed by atoms with Gasteiger partial charge in [0.05, 0.1) is 5.41 Å². The van der Waals surface area contributed by atoms with Crippen LogP contribution in [0.1, 0.15) is 22.3 Å². The average molecular weight is 732 g/mol. The molecule has 1 aliphatic carbocycles. The Hall–Kier alpha value is -6.81. The smallest absolute Gasteiger partial charge is 0.143 e. The van der Waals surface area contributed by atoms with Gasteiger partial charge in [-0.15, -0.1) is 0 Å². The average Bonchev–Trinajstić information content (AvgIpc) is 3.79. The van der Waals surface area contributed by atoms with Crippen LogP contribution in [0, 0.1) is 0 Å². The van der Waals surface area contributed by atoms with Gasteiger partial charge in [0.1, 0.15) is 11.2 Å². The van der Waals surface area contributed by atoms with E-state index in [4.69, 9.17) is 4.42 Å². The lowest BCUT2D eigenvalue weighted by Crippen LogP contribution is -2.32. The van der Waals surface area contributed by atoms with Crippen LogP contribution in [0.4, 0.5) is 17.1 Å². The Bertz CT molecular complexity index is 3130. The maximum absolute atomic E-state index is 6.43. The number of hydrogen-bond acceptors (Lipinski definition) is 3. The largest absolute Gasteiger partial charge is 0.455 e. The molecule has 9 aromatic carbocycles. The van der Waals surface area contributed by atoms with Crippen molar-refractivity contribution in [3.63, 3.8) is 0 Å². The quantitative estimate of drug-likeness (QED) is 0.179. The van der Waals surface area contributed by atoms with Gasteiger partial charge in [0.25, 0.3) is 0 Å². The summed E-state index contributed by atoms with van der Waals surface area (Å²) >= 11 is 1.91. The number of para-hydroxylation sites is 3. The van der Waals surface area contributed by atoms with Gasteiger partial charge >= 0.3 is 0 Å². The molecule has 0 unspecified atom stereocenters. The van der Waals surface area contributed by atoms with Crippen molar-refractivity contribution in [3.05, 3.63) is 222 Å². The number of benzene rings is 9. The molecule has 0 N–H and O–H groups in total. The predicted molar refractivity (Wildman–Crippen MR) is 233 cm³/mol. The molecule has 2 nitrogen and oxygen atoms in total. The molecule has 0 bridgehead atoms. The molecule has 2 heterocycles. The summed E-state index contributed by atoms with van der Waals surface area (Å²) in [4.78, 5) is 4.98. The van der Waals surface area contributed by atoms with Gasteiger partial charge in [0.15, 0.2) is 0 Å². The summed E-state index contributed by atoms with van der Waals surface area (Å²) in [6.45, 7) is 0. The summed E-state index contributed by atoms with van der Waals surface area (Å²) < 4.78 is 6.43. The molecule has 3 heteroatoms. The Labute approximate surface area is 329 Å². The fourth-order valence-corrected chi connectivity index (χ4v) is 10.9. The van der Waals surface area contributed by atoms with Crippen LogP contribution in [-0.2, 0) is 5.41 Å². The van der Waals surface area contributed by atoms with E-state index in [1.165, 1.54) is 53.9 Å². The SMILES string of the molecule is c1ccc(N(c2ccc(-c3cccc4c3oc3ccccc34)cc2)c2ccc3c(c2)Sc2c(ccc4ccccc24)C32c3ccccc3-c3ccccc32)cc1. The highest BCUT2D eigenvalue weighted by Gasteiger charge is 2.50. The van der Waals surface area contributed by atoms with E-state index in [9.17, 15) is 0 Å². The van der Waals surface area contributed by atoms with Crippen molar-refractivity contribution in [1.29, 1.82) is 0 Å². The van der Waals surface area contributed by atoms with Crippen molar-refractivity contribution in [2.75, 3.05) is 4.90 Å². The molecule has 1 aromatic heterocycles. The van der Waals surface area contributed by atoms with E-state index in [2.05, 4.69) is 193 Å². The third-order valence-electron chi connectivity index (χ3n) is 11.9. The Morgan fingerprint density at radius 1 is 0.411 bits per heavy atom. The molecule has 0 fully saturated rings. The number of nitrogens with zero attached hydrogens (tertiary/aromatic N) is 1. The van der Waals surface area contributed by atoms with Crippen LogP contribution in [0.5, 0.6) is 0 Å². The number of furan rings is 1. The normalized spacial score (nSPS) is 13.4. The van der Waals surface area contributed by atoms with E-state index in [1.807, 2.05) is 23.9 Å². The fourth-order valence-electron chi connectivity index (χ4n) is 9.55. The summed E-state index contributed by atoms with van der Waals surface area (Å²) in [5, 5.41) is 4.84. The predicted octanol–water partition coefficient (Wildman–Crippen LogP) is 14.7. The maximum atomic E-state index is 6.43. The van der Waals surface area contributed by atoms with Gasteiger partial charge in [0, 0.05) is 43.2 Å². The Kier molecular flexibility index (Phi) is 6.81. The second-order valence-corrected chi connectivity index (χ2v) is 15.8. The second kappa shape index (κ2) is 12.1. The van der Waals surface area contributed by atoms with Crippen molar-refractivity contribution in [2.45, 2.75) is 15.2 Å². The monoisotopic (exact) mass is 731 g/mol. The van der Waals surface area contributed by atoms with Crippen LogP contribution in [-0.4, -0.2) is 0 Å². The molecule has 0 saturated heterocycles. The van der Waals surface area contributed by atoms with Crippen LogP contribution < -0.4 is 4.90 Å². The lowest BCUT2D eigenvalue weighted by Gasteiger charge is -2.40. The number of fused-ring (bicyclic) bond motifs is 14. The Balaban J connectivity index is 1.05. The summed E-state index contributed by atoms with van der Waals surface area (Å²) in [5.74, 6) is 0. The van der Waals surface area contributed by atoms with E-state index in [1.54, 1.807) is 0 Å².